The molecule has 1 aliphatic carbocycles. The van der Waals surface area contributed by atoms with Crippen LogP contribution in [0, 0.1) is 5.41 Å². The number of fused-ring (bicyclic) bond motifs is 1. The molecule has 2 aliphatic heterocycles. The van der Waals surface area contributed by atoms with Gasteiger partial charge in [0.25, 0.3) is 0 Å². The normalized spacial score (nSPS) is 26.7. The van der Waals surface area contributed by atoms with E-state index in [2.05, 4.69) is 5.32 Å². The van der Waals surface area contributed by atoms with Crippen LogP contribution >= 0.6 is 0 Å². The van der Waals surface area contributed by atoms with Crippen LogP contribution in [0.4, 0.5) is 9.59 Å². The monoisotopic (exact) mass is 473 g/mol. The zero-order valence-electron chi connectivity index (χ0n) is 20.2. The van der Waals surface area contributed by atoms with E-state index in [0.29, 0.717) is 52.0 Å². The molecule has 3 amide bonds. The number of rotatable bonds is 4. The molecule has 2 heterocycles. The van der Waals surface area contributed by atoms with Gasteiger partial charge in [-0.05, 0) is 45.6 Å². The van der Waals surface area contributed by atoms with E-state index in [1.54, 1.807) is 4.90 Å². The van der Waals surface area contributed by atoms with E-state index >= 15 is 0 Å². The maximum atomic E-state index is 13.6. The highest BCUT2D eigenvalue weighted by atomic mass is 16.6. The van der Waals surface area contributed by atoms with Gasteiger partial charge in [-0.15, -0.1) is 0 Å². The summed E-state index contributed by atoms with van der Waals surface area (Å²) in [6, 6.07) is 9.39. The lowest BCUT2D eigenvalue weighted by molar-refractivity contribution is -0.145. The molecule has 1 N–H and O–H groups in total. The van der Waals surface area contributed by atoms with E-state index < -0.39 is 17.1 Å². The number of benzene rings is 1. The van der Waals surface area contributed by atoms with Crippen LogP contribution in [0.15, 0.2) is 30.3 Å². The van der Waals surface area contributed by atoms with Gasteiger partial charge in [-0.2, -0.15) is 0 Å². The van der Waals surface area contributed by atoms with Crippen LogP contribution in [-0.4, -0.2) is 78.4 Å². The van der Waals surface area contributed by atoms with Crippen LogP contribution in [0.1, 0.15) is 45.6 Å². The van der Waals surface area contributed by atoms with Crippen LogP contribution in [-0.2, 0) is 25.6 Å². The molecule has 1 aromatic rings. The van der Waals surface area contributed by atoms with E-state index in [-0.39, 0.29) is 30.8 Å². The van der Waals surface area contributed by atoms with E-state index in [1.807, 2.05) is 56.0 Å². The smallest absolute Gasteiger partial charge is 0.410 e. The number of alkyl carbamates (subject to hydrolysis) is 1. The van der Waals surface area contributed by atoms with Crippen molar-refractivity contribution in [1.82, 2.24) is 15.1 Å². The fraction of sp³-hybridized carbons (Fsp3) is 0.640. The topological polar surface area (TPSA) is 97.4 Å². The molecular formula is C25H35N3O6. The van der Waals surface area contributed by atoms with Gasteiger partial charge < -0.3 is 29.3 Å². The first-order valence-corrected chi connectivity index (χ1v) is 12.0. The molecule has 0 aromatic heterocycles. The van der Waals surface area contributed by atoms with Crippen molar-refractivity contribution in [2.24, 2.45) is 5.41 Å². The number of hydrogen-bond donors (Lipinski definition) is 1. The van der Waals surface area contributed by atoms with Crippen LogP contribution in [0.5, 0.6) is 0 Å². The number of carbonyl (C=O) groups is 3. The summed E-state index contributed by atoms with van der Waals surface area (Å²) in [5.41, 5.74) is -0.271. The summed E-state index contributed by atoms with van der Waals surface area (Å²) in [5, 5.41) is 2.91. The van der Waals surface area contributed by atoms with Crippen molar-refractivity contribution in [3.8, 4) is 0 Å². The van der Waals surface area contributed by atoms with E-state index in [0.717, 1.165) is 5.56 Å². The van der Waals surface area contributed by atoms with Crippen LogP contribution in [0.3, 0.4) is 0 Å². The molecular weight excluding hydrogens is 438 g/mol. The summed E-state index contributed by atoms with van der Waals surface area (Å²) in [6.07, 6.45) is 0.726. The van der Waals surface area contributed by atoms with E-state index in [1.165, 1.54) is 0 Å². The first-order valence-electron chi connectivity index (χ1n) is 12.0. The number of nitrogens with one attached hydrogen (secondary N) is 1. The van der Waals surface area contributed by atoms with Crippen LogP contribution in [0.2, 0.25) is 0 Å². The second-order valence-electron chi connectivity index (χ2n) is 10.4. The molecule has 0 spiro atoms. The fourth-order valence-corrected chi connectivity index (χ4v) is 5.15. The highest BCUT2D eigenvalue weighted by Crippen LogP contribution is 2.49. The van der Waals surface area contributed by atoms with Gasteiger partial charge >= 0.3 is 12.2 Å². The minimum absolute atomic E-state index is 0.0563. The third kappa shape index (κ3) is 5.46. The minimum Gasteiger partial charge on any atom is -0.445 e. The highest BCUT2D eigenvalue weighted by molar-refractivity contribution is 5.85. The molecule has 0 radical (unpaired) electrons. The quantitative estimate of drug-likeness (QED) is 0.722. The standard InChI is InChI=1S/C25H35N3O6/c1-24(2,3)34-22(30)26-19-15-20-25(16-19,9-14-32-20)21(29)27-10-12-28(13-11-27)23(31)33-17-18-7-5-4-6-8-18/h4-8,19-20H,9-17H2,1-3H3,(H,26,30)/t19-,20-,25-/m1/s1. The fourth-order valence-electron chi connectivity index (χ4n) is 5.15. The van der Waals surface area contributed by atoms with Crippen LogP contribution in [0.25, 0.3) is 0 Å². The van der Waals surface area contributed by atoms with Gasteiger partial charge in [0, 0.05) is 38.8 Å². The van der Waals surface area contributed by atoms with Crippen molar-refractivity contribution in [1.29, 1.82) is 0 Å². The van der Waals surface area contributed by atoms with Crippen molar-refractivity contribution >= 4 is 18.1 Å². The van der Waals surface area contributed by atoms with Crippen molar-refractivity contribution in [3.63, 3.8) is 0 Å². The Balaban J connectivity index is 1.29. The van der Waals surface area contributed by atoms with Gasteiger partial charge in [0.05, 0.1) is 11.5 Å². The first kappa shape index (κ1) is 24.3. The summed E-state index contributed by atoms with van der Waals surface area (Å²) < 4.78 is 16.7. The Morgan fingerprint density at radius 2 is 1.76 bits per heavy atom. The molecule has 9 nitrogen and oxygen atoms in total. The number of hydrogen-bond acceptors (Lipinski definition) is 6. The van der Waals surface area contributed by atoms with Gasteiger partial charge in [-0.1, -0.05) is 30.3 Å². The zero-order valence-corrected chi connectivity index (χ0v) is 20.2. The predicted octanol–water partition coefficient (Wildman–Crippen LogP) is 2.93. The summed E-state index contributed by atoms with van der Waals surface area (Å²) >= 11 is 0. The SMILES string of the molecule is CC(C)(C)OC(=O)N[C@@H]1C[C@H]2OCC[C@@]2(C(=O)N2CCN(C(=O)OCc3ccccc3)CC2)C1. The molecule has 34 heavy (non-hydrogen) atoms. The Morgan fingerprint density at radius 3 is 2.44 bits per heavy atom. The van der Waals surface area contributed by atoms with Gasteiger partial charge in [-0.3, -0.25) is 4.79 Å². The maximum Gasteiger partial charge on any atom is 0.410 e. The highest BCUT2D eigenvalue weighted by Gasteiger charge is 2.58. The van der Waals surface area contributed by atoms with Crippen molar-refractivity contribution in [3.05, 3.63) is 35.9 Å². The molecule has 1 aromatic carbocycles. The van der Waals surface area contributed by atoms with Gasteiger partial charge in [-0.25, -0.2) is 9.59 Å². The molecule has 2 saturated heterocycles. The number of ether oxygens (including phenoxy) is 3. The number of nitrogens with zero attached hydrogens (tertiary/aromatic N) is 2. The summed E-state index contributed by atoms with van der Waals surface area (Å²) in [7, 11) is 0. The van der Waals surface area contributed by atoms with Crippen LogP contribution < -0.4 is 5.32 Å². The first-order chi connectivity index (χ1) is 16.2. The second kappa shape index (κ2) is 9.82. The molecule has 0 bridgehead atoms. The van der Waals surface area contributed by atoms with Crippen molar-refractivity contribution < 1.29 is 28.6 Å². The van der Waals surface area contributed by atoms with Gasteiger partial charge in [0.1, 0.15) is 12.2 Å². The largest absolute Gasteiger partial charge is 0.445 e. The number of piperazine rings is 1. The van der Waals surface area contributed by atoms with E-state index in [4.69, 9.17) is 14.2 Å². The molecule has 186 valence electrons. The minimum atomic E-state index is -0.629. The summed E-state index contributed by atoms with van der Waals surface area (Å²) in [5.74, 6) is 0.0563. The number of amides is 3. The average Bonchev–Trinajstić information content (AvgIpc) is 3.34. The van der Waals surface area contributed by atoms with Gasteiger partial charge in [0.2, 0.25) is 5.91 Å². The van der Waals surface area contributed by atoms with Crippen molar-refractivity contribution in [2.45, 2.75) is 64.4 Å². The molecule has 0 unspecified atom stereocenters. The summed E-state index contributed by atoms with van der Waals surface area (Å²) in [4.78, 5) is 41.8. The third-order valence-electron chi connectivity index (χ3n) is 6.77. The second-order valence-corrected chi connectivity index (χ2v) is 10.4. The molecule has 4 rings (SSSR count). The lowest BCUT2D eigenvalue weighted by atomic mass is 9.81. The Labute approximate surface area is 200 Å². The molecule has 3 fully saturated rings. The Kier molecular flexibility index (Phi) is 7.02. The van der Waals surface area contributed by atoms with Crippen molar-refractivity contribution in [2.75, 3.05) is 32.8 Å². The summed E-state index contributed by atoms with van der Waals surface area (Å²) in [6.45, 7) is 8.01. The molecule has 3 aliphatic rings. The Morgan fingerprint density at radius 1 is 1.09 bits per heavy atom. The third-order valence-corrected chi connectivity index (χ3v) is 6.77. The van der Waals surface area contributed by atoms with E-state index in [9.17, 15) is 14.4 Å². The Bertz CT molecular complexity index is 894. The average molecular weight is 474 g/mol. The predicted molar refractivity (Wildman–Crippen MR) is 124 cm³/mol. The van der Waals surface area contributed by atoms with Gasteiger partial charge in [0.15, 0.2) is 0 Å². The lowest BCUT2D eigenvalue weighted by Gasteiger charge is -2.39. The molecule has 1 saturated carbocycles. The maximum absolute atomic E-state index is 13.6. The molecule has 9 heteroatoms. The zero-order chi connectivity index (χ0) is 24.3. The lowest BCUT2D eigenvalue weighted by Crippen LogP contribution is -2.55. The number of carbonyl (C=O) groups excluding carboxylic acids is 3. The molecule has 3 atom stereocenters. The Hall–Kier alpha value is -2.81.